The van der Waals surface area contributed by atoms with Gasteiger partial charge >= 0.3 is 0 Å². The fourth-order valence-corrected chi connectivity index (χ4v) is 14.2. The van der Waals surface area contributed by atoms with E-state index in [1.807, 2.05) is 0 Å². The van der Waals surface area contributed by atoms with E-state index in [2.05, 4.69) is 312 Å². The van der Waals surface area contributed by atoms with Crippen LogP contribution in [0, 0.1) is 0 Å². The van der Waals surface area contributed by atoms with Gasteiger partial charge in [-0.25, -0.2) is 0 Å². The van der Waals surface area contributed by atoms with Gasteiger partial charge in [0, 0.05) is 38.3 Å². The van der Waals surface area contributed by atoms with Crippen LogP contribution in [0.4, 0.5) is 0 Å². The molecular weight excluding hydrogens is 1000 g/mol. The van der Waals surface area contributed by atoms with Crippen LogP contribution in [0.25, 0.3) is 134 Å². The van der Waals surface area contributed by atoms with Crippen LogP contribution in [0.1, 0.15) is 44.5 Å². The maximum atomic E-state index is 2.48. The number of para-hydroxylation sites is 2. The van der Waals surface area contributed by atoms with Gasteiger partial charge in [-0.3, -0.25) is 0 Å². The largest absolute Gasteiger partial charge is 0.309 e. The molecule has 0 atom stereocenters. The Bertz CT molecular complexity index is 4870. The number of nitrogens with zero attached hydrogens (tertiary/aromatic N) is 2. The SMILES string of the molecule is C(=Cc1ccc2c(c1)C1(Cc3ccccc3C1)c1cc(C=Cc3ccc(-c4ccc5c(c4)c4ccccc4n5-c4ccc5ccccc5c4)cc3)ccc1-2)c1ccc(-c2ccc3c(c2)c2ccccc2n3-c2ccc3ccccc3c2)cc1. The summed E-state index contributed by atoms with van der Waals surface area (Å²) in [5.74, 6) is 0. The monoisotopic (exact) mass is 1050 g/mol. The minimum Gasteiger partial charge on any atom is -0.309 e. The summed E-state index contributed by atoms with van der Waals surface area (Å²) in [6.45, 7) is 0. The van der Waals surface area contributed by atoms with E-state index in [0.29, 0.717) is 0 Å². The van der Waals surface area contributed by atoms with Crippen LogP contribution < -0.4 is 0 Å². The standard InChI is InChI=1S/C81H54N2/c1-3-13-61-47-67(39-35-57(61)11-1)82-77-19-9-7-17-71(77)73-49-63(37-43-79(73)82)59-31-25-53(26-32-59)21-23-55-29-41-69-70-42-30-56(46-76(70)81(75(69)45-55)51-65-15-5-6-16-66(65)52-81)24-22-54-27-33-60(34-28-54)64-38-44-80-74(50-64)72-18-8-10-20-78(72)83(80)68-40-36-58-12-2-4-14-62(58)48-68/h1-50H,51-52H2. The molecule has 0 unspecified atom stereocenters. The molecule has 15 aromatic rings. The van der Waals surface area contributed by atoms with E-state index in [0.717, 1.165) is 12.8 Å². The fourth-order valence-electron chi connectivity index (χ4n) is 14.2. The molecule has 2 aliphatic rings. The first-order valence-electron chi connectivity index (χ1n) is 29.0. The molecule has 83 heavy (non-hydrogen) atoms. The van der Waals surface area contributed by atoms with Crippen LogP contribution in [0.15, 0.2) is 279 Å². The first kappa shape index (κ1) is 47.3. The first-order chi connectivity index (χ1) is 41.0. The van der Waals surface area contributed by atoms with Gasteiger partial charge in [-0.15, -0.1) is 0 Å². The smallest absolute Gasteiger partial charge is 0.0541 e. The lowest BCUT2D eigenvalue weighted by Gasteiger charge is -2.27. The van der Waals surface area contributed by atoms with Crippen molar-refractivity contribution in [2.24, 2.45) is 0 Å². The van der Waals surface area contributed by atoms with Gasteiger partial charge in [0.15, 0.2) is 0 Å². The summed E-state index contributed by atoms with van der Waals surface area (Å²) in [4.78, 5) is 0. The third kappa shape index (κ3) is 7.78. The zero-order valence-corrected chi connectivity index (χ0v) is 45.7. The minimum absolute atomic E-state index is 0.128. The van der Waals surface area contributed by atoms with Gasteiger partial charge in [-0.1, -0.05) is 243 Å². The van der Waals surface area contributed by atoms with Crippen molar-refractivity contribution in [1.82, 2.24) is 9.13 Å². The summed E-state index contributed by atoms with van der Waals surface area (Å²) < 4.78 is 4.82. The minimum atomic E-state index is -0.128. The molecule has 2 heteroatoms. The molecule has 0 amide bonds. The number of fused-ring (bicyclic) bond motifs is 14. The quantitative estimate of drug-likeness (QED) is 0.134. The van der Waals surface area contributed by atoms with Crippen molar-refractivity contribution in [3.63, 3.8) is 0 Å². The van der Waals surface area contributed by atoms with Crippen molar-refractivity contribution < 1.29 is 0 Å². The van der Waals surface area contributed by atoms with Crippen molar-refractivity contribution in [3.05, 3.63) is 324 Å². The summed E-state index contributed by atoms with van der Waals surface area (Å²) in [6.07, 6.45) is 11.1. The van der Waals surface area contributed by atoms with Gasteiger partial charge in [-0.2, -0.15) is 0 Å². The van der Waals surface area contributed by atoms with E-state index in [9.17, 15) is 0 Å². The molecule has 0 N–H and O–H groups in total. The van der Waals surface area contributed by atoms with E-state index in [4.69, 9.17) is 0 Å². The maximum absolute atomic E-state index is 2.48. The second-order valence-corrected chi connectivity index (χ2v) is 23.0. The molecule has 0 bridgehead atoms. The molecule has 0 saturated heterocycles. The number of hydrogen-bond acceptors (Lipinski definition) is 0. The average Bonchev–Trinajstić information content (AvgIpc) is 1.94. The lowest BCUT2D eigenvalue weighted by Crippen LogP contribution is -2.26. The van der Waals surface area contributed by atoms with Gasteiger partial charge in [0.25, 0.3) is 0 Å². The van der Waals surface area contributed by atoms with E-state index in [-0.39, 0.29) is 5.41 Å². The Balaban J connectivity index is 0.637. The Morgan fingerprint density at radius 1 is 0.265 bits per heavy atom. The van der Waals surface area contributed by atoms with Crippen LogP contribution >= 0.6 is 0 Å². The molecule has 0 radical (unpaired) electrons. The second-order valence-electron chi connectivity index (χ2n) is 23.0. The number of hydrogen-bond donors (Lipinski definition) is 0. The molecule has 2 heterocycles. The van der Waals surface area contributed by atoms with E-state index in [1.165, 1.54) is 154 Å². The second kappa shape index (κ2) is 18.8. The van der Waals surface area contributed by atoms with Gasteiger partial charge < -0.3 is 9.13 Å². The molecule has 0 aliphatic heterocycles. The van der Waals surface area contributed by atoms with Gasteiger partial charge in [0.2, 0.25) is 0 Å². The lowest BCUT2D eigenvalue weighted by atomic mass is 9.75. The molecule has 2 nitrogen and oxygen atoms in total. The summed E-state index contributed by atoms with van der Waals surface area (Å²) in [5.41, 5.74) is 25.2. The molecule has 388 valence electrons. The summed E-state index contributed by atoms with van der Waals surface area (Å²) in [6, 6.07) is 104. The predicted octanol–water partition coefficient (Wildman–Crippen LogP) is 20.9. The normalized spacial score (nSPS) is 13.4. The highest BCUT2D eigenvalue weighted by molar-refractivity contribution is 6.12. The molecule has 2 aliphatic carbocycles. The topological polar surface area (TPSA) is 9.86 Å². The number of rotatable bonds is 8. The van der Waals surface area contributed by atoms with Crippen LogP contribution in [0.3, 0.4) is 0 Å². The highest BCUT2D eigenvalue weighted by Crippen LogP contribution is 2.56. The highest BCUT2D eigenvalue weighted by Gasteiger charge is 2.47. The zero-order valence-electron chi connectivity index (χ0n) is 45.7. The third-order valence-electron chi connectivity index (χ3n) is 18.3. The van der Waals surface area contributed by atoms with Crippen molar-refractivity contribution in [2.75, 3.05) is 0 Å². The van der Waals surface area contributed by atoms with E-state index >= 15 is 0 Å². The fraction of sp³-hybridized carbons (Fsp3) is 0.0370. The van der Waals surface area contributed by atoms with Crippen LogP contribution in [-0.4, -0.2) is 9.13 Å². The molecule has 0 fully saturated rings. The molecule has 17 rings (SSSR count). The third-order valence-corrected chi connectivity index (χ3v) is 18.3. The van der Waals surface area contributed by atoms with E-state index < -0.39 is 0 Å². The lowest BCUT2D eigenvalue weighted by molar-refractivity contribution is 0.563. The van der Waals surface area contributed by atoms with Gasteiger partial charge in [-0.05, 0) is 173 Å². The highest BCUT2D eigenvalue weighted by atomic mass is 15.0. The van der Waals surface area contributed by atoms with Crippen molar-refractivity contribution in [3.8, 4) is 44.8 Å². The average molecular weight is 1060 g/mol. The maximum Gasteiger partial charge on any atom is 0.0541 e. The number of benzene rings is 13. The molecule has 1 spiro atoms. The molecular formula is C81H54N2. The molecule has 13 aromatic carbocycles. The Hall–Kier alpha value is -10.5. The Kier molecular flexibility index (Phi) is 10.7. The predicted molar refractivity (Wildman–Crippen MR) is 352 cm³/mol. The zero-order chi connectivity index (χ0) is 54.6. The Labute approximate surface area is 482 Å². The summed E-state index contributed by atoms with van der Waals surface area (Å²) in [7, 11) is 0. The molecule has 2 aromatic heterocycles. The van der Waals surface area contributed by atoms with Gasteiger partial charge in [0.1, 0.15) is 0 Å². The summed E-state index contributed by atoms with van der Waals surface area (Å²) >= 11 is 0. The van der Waals surface area contributed by atoms with Gasteiger partial charge in [0.05, 0.1) is 22.1 Å². The Morgan fingerprint density at radius 3 is 1.11 bits per heavy atom. The van der Waals surface area contributed by atoms with Crippen molar-refractivity contribution in [2.45, 2.75) is 18.3 Å². The number of aromatic nitrogens is 2. The summed E-state index contributed by atoms with van der Waals surface area (Å²) in [5, 5.41) is 10.0. The van der Waals surface area contributed by atoms with Crippen LogP contribution in [0.5, 0.6) is 0 Å². The van der Waals surface area contributed by atoms with Crippen LogP contribution in [0.2, 0.25) is 0 Å². The van der Waals surface area contributed by atoms with E-state index in [1.54, 1.807) is 0 Å². The van der Waals surface area contributed by atoms with Crippen LogP contribution in [-0.2, 0) is 18.3 Å². The van der Waals surface area contributed by atoms with Crippen molar-refractivity contribution >= 4 is 89.5 Å². The molecule has 0 saturated carbocycles. The Morgan fingerprint density at radius 2 is 0.639 bits per heavy atom. The first-order valence-corrected chi connectivity index (χ1v) is 29.0. The van der Waals surface area contributed by atoms with Crippen molar-refractivity contribution in [1.29, 1.82) is 0 Å².